The van der Waals surface area contributed by atoms with Gasteiger partial charge in [-0.3, -0.25) is 4.79 Å². The summed E-state index contributed by atoms with van der Waals surface area (Å²) in [6, 6.07) is 2.01. The summed E-state index contributed by atoms with van der Waals surface area (Å²) in [6.07, 6.45) is 0.778. The fourth-order valence-electron chi connectivity index (χ4n) is 1.62. The predicted octanol–water partition coefficient (Wildman–Crippen LogP) is 1.95. The zero-order valence-corrected chi connectivity index (χ0v) is 10.9. The first-order valence-corrected chi connectivity index (χ1v) is 5.83. The van der Waals surface area contributed by atoms with E-state index in [4.69, 9.17) is 0 Å². The van der Waals surface area contributed by atoms with Gasteiger partial charge in [0.2, 0.25) is 0 Å². The molecule has 1 aromatic carbocycles. The molecular weight excluding hydrogens is 238 g/mol. The SMILES string of the molecule is CNCCCN(C)C(=O)c1cc(C)c(F)cc1F. The molecule has 1 amide bonds. The highest BCUT2D eigenvalue weighted by atomic mass is 19.1. The number of hydrogen-bond donors (Lipinski definition) is 1. The molecule has 1 N–H and O–H groups in total. The fourth-order valence-corrected chi connectivity index (χ4v) is 1.62. The zero-order chi connectivity index (χ0) is 13.7. The van der Waals surface area contributed by atoms with Crippen LogP contribution in [0, 0.1) is 18.6 Å². The van der Waals surface area contributed by atoms with Crippen LogP contribution >= 0.6 is 0 Å². The Morgan fingerprint density at radius 1 is 1.33 bits per heavy atom. The Morgan fingerprint density at radius 3 is 2.61 bits per heavy atom. The molecule has 0 saturated heterocycles. The molecule has 0 radical (unpaired) electrons. The molecule has 1 rings (SSSR count). The average molecular weight is 256 g/mol. The minimum atomic E-state index is -0.816. The van der Waals surface area contributed by atoms with Crippen LogP contribution in [0.4, 0.5) is 8.78 Å². The molecule has 0 heterocycles. The molecule has 100 valence electrons. The van der Waals surface area contributed by atoms with Crippen molar-refractivity contribution in [3.63, 3.8) is 0 Å². The largest absolute Gasteiger partial charge is 0.342 e. The molecule has 1 aromatic rings. The van der Waals surface area contributed by atoms with Gasteiger partial charge in [0.05, 0.1) is 5.56 Å². The molecule has 0 bridgehead atoms. The number of carbonyl (C=O) groups is 1. The lowest BCUT2D eigenvalue weighted by Crippen LogP contribution is -2.30. The molecular formula is C13H18F2N2O. The van der Waals surface area contributed by atoms with Gasteiger partial charge >= 0.3 is 0 Å². The van der Waals surface area contributed by atoms with Gasteiger partial charge in [-0.2, -0.15) is 0 Å². The Hall–Kier alpha value is -1.49. The number of rotatable bonds is 5. The van der Waals surface area contributed by atoms with Crippen LogP contribution in [0.5, 0.6) is 0 Å². The normalized spacial score (nSPS) is 10.5. The van der Waals surface area contributed by atoms with Crippen molar-refractivity contribution >= 4 is 5.91 Å². The highest BCUT2D eigenvalue weighted by Gasteiger charge is 2.17. The summed E-state index contributed by atoms with van der Waals surface area (Å²) in [6.45, 7) is 2.81. The summed E-state index contributed by atoms with van der Waals surface area (Å²) in [5, 5.41) is 2.97. The second-order valence-corrected chi connectivity index (χ2v) is 4.27. The number of halogens is 2. The maximum absolute atomic E-state index is 13.5. The number of nitrogens with one attached hydrogen (secondary N) is 1. The minimum absolute atomic E-state index is 0.0825. The number of carbonyl (C=O) groups excluding carboxylic acids is 1. The first-order chi connectivity index (χ1) is 8.47. The van der Waals surface area contributed by atoms with Crippen molar-refractivity contribution in [3.05, 3.63) is 34.9 Å². The predicted molar refractivity (Wildman–Crippen MR) is 66.6 cm³/mol. The third kappa shape index (κ3) is 3.50. The van der Waals surface area contributed by atoms with E-state index >= 15 is 0 Å². The van der Waals surface area contributed by atoms with Gasteiger partial charge in [0.1, 0.15) is 11.6 Å². The maximum Gasteiger partial charge on any atom is 0.256 e. The highest BCUT2D eigenvalue weighted by Crippen LogP contribution is 2.15. The molecule has 0 spiro atoms. The van der Waals surface area contributed by atoms with Crippen molar-refractivity contribution in [1.82, 2.24) is 10.2 Å². The van der Waals surface area contributed by atoms with Gasteiger partial charge in [-0.25, -0.2) is 8.78 Å². The number of aryl methyl sites for hydroxylation is 1. The molecule has 3 nitrogen and oxygen atoms in total. The van der Waals surface area contributed by atoms with Gasteiger partial charge in [-0.15, -0.1) is 0 Å². The quantitative estimate of drug-likeness (QED) is 0.817. The first kappa shape index (κ1) is 14.6. The summed E-state index contributed by atoms with van der Waals surface area (Å²) in [5.41, 5.74) is 0.184. The lowest BCUT2D eigenvalue weighted by Gasteiger charge is -2.17. The van der Waals surface area contributed by atoms with Crippen LogP contribution in [-0.4, -0.2) is 38.0 Å². The van der Waals surface area contributed by atoms with Crippen LogP contribution in [0.15, 0.2) is 12.1 Å². The van der Waals surface area contributed by atoms with Gasteiger partial charge in [-0.05, 0) is 38.6 Å². The highest BCUT2D eigenvalue weighted by molar-refractivity contribution is 5.94. The van der Waals surface area contributed by atoms with Gasteiger partial charge < -0.3 is 10.2 Å². The van der Waals surface area contributed by atoms with Gasteiger partial charge in [0.25, 0.3) is 5.91 Å². The average Bonchev–Trinajstić information content (AvgIpc) is 2.33. The topological polar surface area (TPSA) is 32.3 Å². The molecule has 0 unspecified atom stereocenters. The smallest absolute Gasteiger partial charge is 0.256 e. The number of hydrogen-bond acceptors (Lipinski definition) is 2. The van der Waals surface area contributed by atoms with Crippen LogP contribution in [0.3, 0.4) is 0 Å². The zero-order valence-electron chi connectivity index (χ0n) is 10.9. The molecule has 0 aliphatic carbocycles. The Labute approximate surface area is 106 Å². The molecule has 0 atom stereocenters. The molecule has 18 heavy (non-hydrogen) atoms. The van der Waals surface area contributed by atoms with Gasteiger partial charge in [-0.1, -0.05) is 0 Å². The molecule has 0 saturated carbocycles. The second kappa shape index (κ2) is 6.44. The van der Waals surface area contributed by atoms with Crippen LogP contribution < -0.4 is 5.32 Å². The Bertz CT molecular complexity index is 435. The number of benzene rings is 1. The third-order valence-corrected chi connectivity index (χ3v) is 2.75. The van der Waals surface area contributed by atoms with E-state index in [1.165, 1.54) is 17.9 Å². The standard InChI is InChI=1S/C13H18F2N2O/c1-9-7-10(12(15)8-11(9)14)13(18)17(3)6-4-5-16-2/h7-8,16H,4-6H2,1-3H3. The van der Waals surface area contributed by atoms with E-state index < -0.39 is 17.5 Å². The third-order valence-electron chi connectivity index (χ3n) is 2.75. The second-order valence-electron chi connectivity index (χ2n) is 4.27. The van der Waals surface area contributed by atoms with E-state index in [2.05, 4.69) is 5.32 Å². The van der Waals surface area contributed by atoms with Crippen molar-refractivity contribution < 1.29 is 13.6 Å². The van der Waals surface area contributed by atoms with E-state index in [9.17, 15) is 13.6 Å². The van der Waals surface area contributed by atoms with Crippen molar-refractivity contribution in [2.45, 2.75) is 13.3 Å². The monoisotopic (exact) mass is 256 g/mol. The van der Waals surface area contributed by atoms with E-state index in [0.717, 1.165) is 19.0 Å². The fraction of sp³-hybridized carbons (Fsp3) is 0.462. The van der Waals surface area contributed by atoms with Crippen molar-refractivity contribution in [3.8, 4) is 0 Å². The molecule has 0 aliphatic rings. The Morgan fingerprint density at radius 2 is 2.00 bits per heavy atom. The number of nitrogens with zero attached hydrogens (tertiary/aromatic N) is 1. The lowest BCUT2D eigenvalue weighted by molar-refractivity contribution is 0.0789. The molecule has 0 aromatic heterocycles. The summed E-state index contributed by atoms with van der Waals surface area (Å²) in [4.78, 5) is 13.4. The maximum atomic E-state index is 13.5. The first-order valence-electron chi connectivity index (χ1n) is 5.83. The van der Waals surface area contributed by atoms with Crippen molar-refractivity contribution in [2.75, 3.05) is 27.2 Å². The lowest BCUT2D eigenvalue weighted by atomic mass is 10.1. The van der Waals surface area contributed by atoms with E-state index in [-0.39, 0.29) is 11.1 Å². The van der Waals surface area contributed by atoms with Gasteiger partial charge in [0, 0.05) is 19.7 Å². The van der Waals surface area contributed by atoms with Crippen LogP contribution in [0.1, 0.15) is 22.3 Å². The molecule has 5 heteroatoms. The Balaban J connectivity index is 2.80. The van der Waals surface area contributed by atoms with E-state index in [1.807, 2.05) is 7.05 Å². The van der Waals surface area contributed by atoms with Crippen LogP contribution in [0.2, 0.25) is 0 Å². The molecule has 0 fully saturated rings. The summed E-state index contributed by atoms with van der Waals surface area (Å²) >= 11 is 0. The summed E-state index contributed by atoms with van der Waals surface area (Å²) in [5.74, 6) is -1.88. The summed E-state index contributed by atoms with van der Waals surface area (Å²) in [7, 11) is 3.43. The van der Waals surface area contributed by atoms with E-state index in [0.29, 0.717) is 6.54 Å². The molecule has 0 aliphatic heterocycles. The number of amides is 1. The van der Waals surface area contributed by atoms with Gasteiger partial charge in [0.15, 0.2) is 0 Å². The van der Waals surface area contributed by atoms with E-state index in [1.54, 1.807) is 7.05 Å². The van der Waals surface area contributed by atoms with Crippen LogP contribution in [0.25, 0.3) is 0 Å². The minimum Gasteiger partial charge on any atom is -0.342 e. The summed E-state index contributed by atoms with van der Waals surface area (Å²) < 4.78 is 26.6. The van der Waals surface area contributed by atoms with Crippen LogP contribution in [-0.2, 0) is 0 Å². The van der Waals surface area contributed by atoms with Crippen molar-refractivity contribution in [1.29, 1.82) is 0 Å². The van der Waals surface area contributed by atoms with Crippen molar-refractivity contribution in [2.24, 2.45) is 0 Å². The Kier molecular flexibility index (Phi) is 5.22.